The van der Waals surface area contributed by atoms with E-state index in [1.165, 1.54) is 19.3 Å². The van der Waals surface area contributed by atoms with Crippen LogP contribution in [-0.4, -0.2) is 47.7 Å². The van der Waals surface area contributed by atoms with E-state index in [2.05, 4.69) is 63.6 Å². The molecule has 0 aliphatic heterocycles. The molecule has 6 atom stereocenters. The highest BCUT2D eigenvalue weighted by molar-refractivity contribution is 7.23. The number of ketones is 1. The lowest BCUT2D eigenvalue weighted by atomic mass is 9.57. The van der Waals surface area contributed by atoms with Crippen LogP contribution in [0.3, 0.4) is 0 Å². The number of hydrogen-bond acceptors (Lipinski definition) is 7. The number of carbonyl (C=O) groups excluding carboxylic acids is 1. The molecule has 52 heavy (non-hydrogen) atoms. The van der Waals surface area contributed by atoms with Gasteiger partial charge in [0, 0.05) is 46.8 Å². The molecule has 9 heteroatoms. The van der Waals surface area contributed by atoms with Gasteiger partial charge in [0.2, 0.25) is 0 Å². The summed E-state index contributed by atoms with van der Waals surface area (Å²) in [4.78, 5) is 23.3. The average molecular weight is 737 g/mol. The number of carbonyl (C=O) groups is 1. The number of aliphatic hydroxyl groups is 1. The number of nitrogens with zero attached hydrogens (tertiary/aromatic N) is 1. The first kappa shape index (κ1) is 36.6. The van der Waals surface area contributed by atoms with Gasteiger partial charge in [0.05, 0.1) is 27.1 Å². The molecule has 0 radical (unpaired) electrons. The number of rotatable bonds is 7. The molecule has 4 aliphatic rings. The van der Waals surface area contributed by atoms with E-state index in [1.807, 2.05) is 13.0 Å². The number of fused-ring (bicyclic) bond motifs is 4. The number of nitrogens with one attached hydrogen (secondary N) is 2. The number of aliphatic hydroxyl groups excluding tert-OH is 1. The molecule has 274 valence electrons. The van der Waals surface area contributed by atoms with Crippen LogP contribution in [0.25, 0.3) is 9.75 Å². The van der Waals surface area contributed by atoms with Crippen molar-refractivity contribution in [3.05, 3.63) is 57.3 Å². The normalized spacial score (nSPS) is 27.1. The molecule has 0 saturated heterocycles. The van der Waals surface area contributed by atoms with E-state index in [1.54, 1.807) is 42.7 Å². The Labute approximate surface area is 316 Å². The molecular formula is C43H52N4O3S2. The summed E-state index contributed by atoms with van der Waals surface area (Å²) >= 11 is 3.31. The Bertz CT molecular complexity index is 1950. The smallest absolute Gasteiger partial charge is 0.188 e. The van der Waals surface area contributed by atoms with Gasteiger partial charge in [-0.25, -0.2) is 0 Å². The summed E-state index contributed by atoms with van der Waals surface area (Å²) in [5, 5.41) is 28.1. The van der Waals surface area contributed by atoms with Gasteiger partial charge in [-0.2, -0.15) is 0 Å². The van der Waals surface area contributed by atoms with Gasteiger partial charge < -0.3 is 26.6 Å². The largest absolute Gasteiger partial charge is 0.508 e. The molecule has 2 heterocycles. The van der Waals surface area contributed by atoms with Gasteiger partial charge in [0.1, 0.15) is 5.75 Å². The number of Topliss-reactive ketones (excluding diaryl/α,β-unsaturated/α-hetero) is 1. The Hall–Kier alpha value is -3.76. The standard InChI is InChI=1S/C43H52N4O3S2/c1-4-8-32-10-12-37(51-32)38-13-14-39(52-38)40(50)34-11-9-28-24-43(34)19-15-30(25-43)42(17-6-5-7-18-42)20-16-33-29(22-35(28)47-41(44)45-3)21-31(49)23-36(33)46-26-27(2)48/h10,12-14,21,23,27-28,30,34-35,46,48-49H,5-7,9,11,15,17-19,22,24-26H2,1-3H3,(H3,44,45,47). The van der Waals surface area contributed by atoms with E-state index in [0.717, 1.165) is 87.7 Å². The Morgan fingerprint density at radius 3 is 2.63 bits per heavy atom. The fraction of sp³-hybridized carbons (Fsp3) is 0.535. The zero-order valence-electron chi connectivity index (χ0n) is 30.7. The summed E-state index contributed by atoms with van der Waals surface area (Å²) < 4.78 is 0. The molecule has 0 amide bonds. The van der Waals surface area contributed by atoms with Crippen LogP contribution < -0.4 is 16.4 Å². The quantitative estimate of drug-likeness (QED) is 0.0723. The molecule has 3 saturated carbocycles. The minimum Gasteiger partial charge on any atom is -0.508 e. The predicted octanol–water partition coefficient (Wildman–Crippen LogP) is 8.19. The molecule has 4 aliphatic carbocycles. The first-order valence-electron chi connectivity index (χ1n) is 19.1. The summed E-state index contributed by atoms with van der Waals surface area (Å²) in [5.74, 6) is 15.3. The molecule has 7 rings (SSSR count). The maximum absolute atomic E-state index is 14.8. The molecule has 6 N–H and O–H groups in total. The van der Waals surface area contributed by atoms with E-state index in [4.69, 9.17) is 5.73 Å². The Balaban J connectivity index is 1.30. The zero-order valence-corrected chi connectivity index (χ0v) is 32.3. The van der Waals surface area contributed by atoms with E-state index in [-0.39, 0.29) is 34.5 Å². The molecule has 2 aromatic heterocycles. The zero-order chi connectivity index (χ0) is 36.5. The van der Waals surface area contributed by atoms with Crippen molar-refractivity contribution in [2.45, 2.75) is 103 Å². The van der Waals surface area contributed by atoms with Crippen LogP contribution in [0.15, 0.2) is 41.4 Å². The predicted molar refractivity (Wildman–Crippen MR) is 214 cm³/mol. The highest BCUT2D eigenvalue weighted by Crippen LogP contribution is 2.62. The number of aromatic hydroxyl groups is 1. The van der Waals surface area contributed by atoms with Crippen LogP contribution >= 0.6 is 22.7 Å². The molecule has 2 spiro atoms. The van der Waals surface area contributed by atoms with Gasteiger partial charge in [0.25, 0.3) is 0 Å². The third-order valence-electron chi connectivity index (χ3n) is 12.5. The number of guanidine groups is 1. The van der Waals surface area contributed by atoms with Crippen molar-refractivity contribution in [1.82, 2.24) is 5.32 Å². The van der Waals surface area contributed by atoms with Crippen molar-refractivity contribution >= 4 is 40.1 Å². The summed E-state index contributed by atoms with van der Waals surface area (Å²) in [6.07, 6.45) is 11.6. The van der Waals surface area contributed by atoms with Gasteiger partial charge in [-0.3, -0.25) is 9.79 Å². The van der Waals surface area contributed by atoms with Gasteiger partial charge >= 0.3 is 0 Å². The number of anilines is 1. The van der Waals surface area contributed by atoms with E-state index >= 15 is 0 Å². The van der Waals surface area contributed by atoms with Crippen molar-refractivity contribution in [1.29, 1.82) is 0 Å². The Morgan fingerprint density at radius 2 is 1.87 bits per heavy atom. The van der Waals surface area contributed by atoms with Crippen LogP contribution in [0.2, 0.25) is 0 Å². The van der Waals surface area contributed by atoms with Crippen molar-refractivity contribution in [2.75, 3.05) is 18.9 Å². The minimum absolute atomic E-state index is 0.0351. The molecule has 7 nitrogen and oxygen atoms in total. The van der Waals surface area contributed by atoms with Gasteiger partial charge in [-0.05, 0) is 125 Å². The number of benzene rings is 1. The highest BCUT2D eigenvalue weighted by Gasteiger charge is 2.56. The minimum atomic E-state index is -0.550. The maximum Gasteiger partial charge on any atom is 0.188 e. The number of aliphatic imine (C=N–C) groups is 1. The monoisotopic (exact) mass is 736 g/mol. The SMILES string of the molecule is CC#Cc1ccc(-c2ccc(C(=O)C3CCC4CC35CCC(C5)C3(C#Cc5c(cc(O)cc5NCC(C)O)CC4NC(N)=NC)CCCCC3)s2)s1. The lowest BCUT2D eigenvalue weighted by molar-refractivity contribution is 0.0333. The summed E-state index contributed by atoms with van der Waals surface area (Å²) in [5.41, 5.74) is 8.78. The summed E-state index contributed by atoms with van der Waals surface area (Å²) in [7, 11) is 1.70. The highest BCUT2D eigenvalue weighted by atomic mass is 32.1. The third-order valence-corrected chi connectivity index (χ3v) is 14.8. The number of phenols is 1. The molecule has 3 aromatic rings. The Kier molecular flexibility index (Phi) is 10.8. The van der Waals surface area contributed by atoms with Gasteiger partial charge in [-0.1, -0.05) is 37.0 Å². The van der Waals surface area contributed by atoms with Crippen molar-refractivity contribution < 1.29 is 15.0 Å². The van der Waals surface area contributed by atoms with Crippen molar-refractivity contribution in [3.8, 4) is 39.2 Å². The first-order chi connectivity index (χ1) is 25.1. The Morgan fingerprint density at radius 1 is 1.08 bits per heavy atom. The van der Waals surface area contributed by atoms with Crippen LogP contribution in [0, 0.1) is 52.3 Å². The number of hydrogen-bond donors (Lipinski definition) is 5. The summed E-state index contributed by atoms with van der Waals surface area (Å²) in [6, 6.07) is 11.9. The van der Waals surface area contributed by atoms with Crippen LogP contribution in [0.5, 0.6) is 5.75 Å². The first-order valence-corrected chi connectivity index (χ1v) is 20.7. The van der Waals surface area contributed by atoms with Crippen molar-refractivity contribution in [3.63, 3.8) is 0 Å². The fourth-order valence-electron chi connectivity index (χ4n) is 9.99. The fourth-order valence-corrected chi connectivity index (χ4v) is 12.0. The molecule has 6 unspecified atom stereocenters. The van der Waals surface area contributed by atoms with Gasteiger partial charge in [0.15, 0.2) is 11.7 Å². The number of nitrogens with two attached hydrogens (primary N) is 1. The molecule has 3 fully saturated rings. The van der Waals surface area contributed by atoms with Crippen LogP contribution in [0.4, 0.5) is 5.69 Å². The van der Waals surface area contributed by atoms with Gasteiger partial charge in [-0.15, -0.1) is 28.6 Å². The second-order valence-corrected chi connectivity index (χ2v) is 17.9. The number of phenolic OH excluding ortho intramolecular Hbond substituents is 1. The van der Waals surface area contributed by atoms with Crippen LogP contribution in [-0.2, 0) is 6.42 Å². The second kappa shape index (κ2) is 15.3. The topological polar surface area (TPSA) is 120 Å². The lowest BCUT2D eigenvalue weighted by Gasteiger charge is -2.48. The second-order valence-electron chi connectivity index (χ2n) is 15.8. The van der Waals surface area contributed by atoms with E-state index in [9.17, 15) is 15.0 Å². The third kappa shape index (κ3) is 7.38. The number of thiophene rings is 2. The van der Waals surface area contributed by atoms with Crippen LogP contribution in [0.1, 0.15) is 110 Å². The molecule has 1 aromatic carbocycles. The average Bonchev–Trinajstić information content (AvgIpc) is 3.91. The van der Waals surface area contributed by atoms with E-state index in [0.29, 0.717) is 30.6 Å². The molecular weight excluding hydrogens is 685 g/mol. The van der Waals surface area contributed by atoms with Crippen molar-refractivity contribution in [2.24, 2.45) is 39.3 Å². The maximum atomic E-state index is 14.8. The lowest BCUT2D eigenvalue weighted by Crippen LogP contribution is -2.50. The summed E-state index contributed by atoms with van der Waals surface area (Å²) in [6.45, 7) is 3.97. The molecule has 3 bridgehead atoms. The van der Waals surface area contributed by atoms with E-state index < -0.39 is 6.10 Å².